The number of phenolic OH excluding ortho intramolecular Hbond substituents is 6. The first kappa shape index (κ1) is 22.3. The number of aliphatic hydroxyl groups excluding tert-OH is 2. The standard InChI is InChI=1S/C20H18O13/c21-4-10-14(27)17(32-19(29)5-1-7(22)12(25)8(23)2-5)18-16(31-10)11-6(20(30)33-18)3-9(24)13(26)15(11)28/h1-3,10,14,16-18,21-28H,4H2. The zero-order valence-corrected chi connectivity index (χ0v) is 16.4. The van der Waals surface area contributed by atoms with E-state index in [0.29, 0.717) is 0 Å². The zero-order valence-electron chi connectivity index (χ0n) is 16.4. The van der Waals surface area contributed by atoms with Crippen molar-refractivity contribution in [2.75, 3.05) is 6.61 Å². The van der Waals surface area contributed by atoms with Gasteiger partial charge in [-0.25, -0.2) is 9.59 Å². The molecule has 0 bridgehead atoms. The van der Waals surface area contributed by atoms with Crippen LogP contribution in [0, 0.1) is 0 Å². The highest BCUT2D eigenvalue weighted by Gasteiger charge is 2.54. The maximum Gasteiger partial charge on any atom is 0.339 e. The molecule has 2 aliphatic rings. The van der Waals surface area contributed by atoms with E-state index in [1.807, 2.05) is 0 Å². The van der Waals surface area contributed by atoms with Crippen LogP contribution in [0.3, 0.4) is 0 Å². The van der Waals surface area contributed by atoms with Gasteiger partial charge < -0.3 is 55.1 Å². The number of aliphatic hydroxyl groups is 2. The van der Waals surface area contributed by atoms with E-state index in [2.05, 4.69) is 0 Å². The summed E-state index contributed by atoms with van der Waals surface area (Å²) in [6.07, 6.45) is -7.82. The van der Waals surface area contributed by atoms with E-state index < -0.39 is 89.1 Å². The van der Waals surface area contributed by atoms with Crippen molar-refractivity contribution in [2.24, 2.45) is 0 Å². The van der Waals surface area contributed by atoms with Crippen molar-refractivity contribution in [3.8, 4) is 34.5 Å². The summed E-state index contributed by atoms with van der Waals surface area (Å²) in [6, 6.07) is 2.38. The number of fused-ring (bicyclic) bond motifs is 3. The second-order valence-electron chi connectivity index (χ2n) is 7.43. The molecule has 8 N–H and O–H groups in total. The molecule has 13 nitrogen and oxygen atoms in total. The molecule has 176 valence electrons. The summed E-state index contributed by atoms with van der Waals surface area (Å²) < 4.78 is 16.0. The Kier molecular flexibility index (Phi) is 5.32. The quantitative estimate of drug-likeness (QED) is 0.211. The number of ether oxygens (including phenoxy) is 3. The lowest BCUT2D eigenvalue weighted by atomic mass is 9.86. The zero-order chi connectivity index (χ0) is 24.2. The number of aromatic hydroxyl groups is 6. The van der Waals surface area contributed by atoms with Gasteiger partial charge in [-0.05, 0) is 18.2 Å². The predicted molar refractivity (Wildman–Crippen MR) is 102 cm³/mol. The molecule has 13 heteroatoms. The summed E-state index contributed by atoms with van der Waals surface area (Å²) in [7, 11) is 0. The van der Waals surface area contributed by atoms with Crippen molar-refractivity contribution >= 4 is 11.9 Å². The topological polar surface area (TPSA) is 224 Å². The fourth-order valence-corrected chi connectivity index (χ4v) is 3.79. The Balaban J connectivity index is 1.74. The van der Waals surface area contributed by atoms with Crippen molar-refractivity contribution < 1.29 is 64.7 Å². The minimum Gasteiger partial charge on any atom is -0.504 e. The van der Waals surface area contributed by atoms with Crippen LogP contribution in [0.5, 0.6) is 34.5 Å². The molecule has 0 aliphatic carbocycles. The van der Waals surface area contributed by atoms with E-state index in [0.717, 1.165) is 18.2 Å². The second kappa shape index (κ2) is 7.88. The van der Waals surface area contributed by atoms with Crippen molar-refractivity contribution in [3.05, 3.63) is 34.9 Å². The van der Waals surface area contributed by atoms with Crippen LogP contribution in [0.1, 0.15) is 32.4 Å². The van der Waals surface area contributed by atoms with E-state index >= 15 is 0 Å². The van der Waals surface area contributed by atoms with Crippen LogP contribution in [-0.2, 0) is 14.2 Å². The number of phenols is 6. The number of rotatable bonds is 3. The van der Waals surface area contributed by atoms with Crippen LogP contribution in [-0.4, -0.2) is 83.8 Å². The summed E-state index contributed by atoms with van der Waals surface area (Å²) in [4.78, 5) is 25.1. The van der Waals surface area contributed by atoms with Crippen LogP contribution >= 0.6 is 0 Å². The van der Waals surface area contributed by atoms with E-state index in [9.17, 15) is 50.4 Å². The summed E-state index contributed by atoms with van der Waals surface area (Å²) in [5.74, 6) is -7.56. The van der Waals surface area contributed by atoms with Crippen molar-refractivity contribution in [1.29, 1.82) is 0 Å². The highest BCUT2D eigenvalue weighted by atomic mass is 16.6. The molecule has 0 spiro atoms. The van der Waals surface area contributed by atoms with Gasteiger partial charge in [-0.15, -0.1) is 0 Å². The molecule has 2 aromatic carbocycles. The molecular weight excluding hydrogens is 448 g/mol. The lowest BCUT2D eigenvalue weighted by molar-refractivity contribution is -0.235. The third-order valence-corrected chi connectivity index (χ3v) is 5.43. The van der Waals surface area contributed by atoms with E-state index in [1.54, 1.807) is 0 Å². The number of hydrogen-bond donors (Lipinski definition) is 8. The van der Waals surface area contributed by atoms with E-state index in [-0.39, 0.29) is 11.1 Å². The number of carbonyl (C=O) groups is 2. The molecule has 1 fully saturated rings. The number of benzene rings is 2. The molecule has 2 aliphatic heterocycles. The van der Waals surface area contributed by atoms with Crippen LogP contribution in [0.15, 0.2) is 18.2 Å². The highest BCUT2D eigenvalue weighted by molar-refractivity contribution is 5.95. The van der Waals surface area contributed by atoms with Gasteiger partial charge in [-0.2, -0.15) is 0 Å². The van der Waals surface area contributed by atoms with Gasteiger partial charge in [0.25, 0.3) is 0 Å². The normalized spacial score (nSPS) is 26.1. The molecule has 2 aromatic rings. The van der Waals surface area contributed by atoms with Gasteiger partial charge in [-0.3, -0.25) is 0 Å². The number of carbonyl (C=O) groups excluding carboxylic acids is 2. The van der Waals surface area contributed by atoms with Crippen LogP contribution in [0.2, 0.25) is 0 Å². The third-order valence-electron chi connectivity index (χ3n) is 5.43. The highest BCUT2D eigenvalue weighted by Crippen LogP contribution is 2.50. The van der Waals surface area contributed by atoms with Crippen LogP contribution < -0.4 is 0 Å². The summed E-state index contributed by atoms with van der Waals surface area (Å²) >= 11 is 0. The third kappa shape index (κ3) is 3.47. The van der Waals surface area contributed by atoms with Crippen molar-refractivity contribution in [2.45, 2.75) is 30.5 Å². The Morgan fingerprint density at radius 1 is 0.939 bits per heavy atom. The van der Waals surface area contributed by atoms with Crippen LogP contribution in [0.25, 0.3) is 0 Å². The molecule has 2 heterocycles. The molecule has 1 saturated heterocycles. The van der Waals surface area contributed by atoms with E-state index in [4.69, 9.17) is 14.2 Å². The average molecular weight is 466 g/mol. The first-order chi connectivity index (χ1) is 15.5. The molecule has 0 saturated carbocycles. The number of esters is 2. The maximum absolute atomic E-state index is 12.6. The molecule has 5 unspecified atom stereocenters. The van der Waals surface area contributed by atoms with Gasteiger partial charge in [0.2, 0.25) is 5.75 Å². The van der Waals surface area contributed by atoms with Crippen LogP contribution in [0.4, 0.5) is 0 Å². The lowest BCUT2D eigenvalue weighted by Gasteiger charge is -2.45. The van der Waals surface area contributed by atoms with Gasteiger partial charge in [0.1, 0.15) is 18.3 Å². The molecule has 0 aromatic heterocycles. The Morgan fingerprint density at radius 2 is 1.55 bits per heavy atom. The SMILES string of the molecule is O=C(OC1C(O)C(CO)OC2c3c(cc(O)c(O)c3O)C(=O)OC21)c1cc(O)c(O)c(O)c1. The molecule has 4 rings (SSSR count). The Morgan fingerprint density at radius 3 is 2.15 bits per heavy atom. The molecule has 5 atom stereocenters. The molecule has 0 amide bonds. The summed E-state index contributed by atoms with van der Waals surface area (Å²) in [5, 5.41) is 78.8. The fourth-order valence-electron chi connectivity index (χ4n) is 3.79. The number of hydrogen-bond acceptors (Lipinski definition) is 13. The fraction of sp³-hybridized carbons (Fsp3) is 0.300. The average Bonchev–Trinajstić information content (AvgIpc) is 2.77. The van der Waals surface area contributed by atoms with Gasteiger partial charge in [0.15, 0.2) is 41.0 Å². The second-order valence-corrected chi connectivity index (χ2v) is 7.43. The first-order valence-corrected chi connectivity index (χ1v) is 9.44. The van der Waals surface area contributed by atoms with Crippen molar-refractivity contribution in [3.63, 3.8) is 0 Å². The largest absolute Gasteiger partial charge is 0.504 e. The Bertz CT molecular complexity index is 1120. The predicted octanol–water partition coefficient (Wildman–Crippen LogP) is -0.522. The van der Waals surface area contributed by atoms with Gasteiger partial charge in [0.05, 0.1) is 17.7 Å². The van der Waals surface area contributed by atoms with Gasteiger partial charge in [-0.1, -0.05) is 0 Å². The molecule has 33 heavy (non-hydrogen) atoms. The Hall–Kier alpha value is -3.94. The maximum atomic E-state index is 12.6. The summed E-state index contributed by atoms with van der Waals surface area (Å²) in [5.41, 5.74) is -1.13. The first-order valence-electron chi connectivity index (χ1n) is 9.44. The van der Waals surface area contributed by atoms with E-state index in [1.165, 1.54) is 0 Å². The van der Waals surface area contributed by atoms with Gasteiger partial charge >= 0.3 is 11.9 Å². The van der Waals surface area contributed by atoms with Gasteiger partial charge in [0, 0.05) is 5.56 Å². The summed E-state index contributed by atoms with van der Waals surface area (Å²) in [6.45, 7) is -0.784. The smallest absolute Gasteiger partial charge is 0.339 e. The monoisotopic (exact) mass is 466 g/mol. The van der Waals surface area contributed by atoms with Crippen molar-refractivity contribution in [1.82, 2.24) is 0 Å². The minimum atomic E-state index is -1.73. The lowest BCUT2D eigenvalue weighted by Crippen LogP contribution is -2.59. The molecular formula is C20H18O13. The molecule has 0 radical (unpaired) electrons. The Labute approximate surface area is 183 Å². The minimum absolute atomic E-state index is 0.321.